The molecule has 0 radical (unpaired) electrons. The van der Waals surface area contributed by atoms with E-state index in [-0.39, 0.29) is 25.3 Å². The molecule has 0 unspecified atom stereocenters. The second-order valence-electron chi connectivity index (χ2n) is 4.71. The third kappa shape index (κ3) is 5.00. The maximum absolute atomic E-state index is 12.0. The summed E-state index contributed by atoms with van der Waals surface area (Å²) in [5, 5.41) is 12.9. The molecule has 2 rings (SSSR count). The minimum Gasteiger partial charge on any atom is -0.456 e. The SMILES string of the molecule is N#CCCNC(=O)COC(=O)C[C@H]1Sc2ccccc2NC1=O. The first-order valence-electron chi connectivity index (χ1n) is 6.96. The standard InChI is InChI=1S/C15H15N3O4S/c16-6-3-7-17-13(19)9-22-14(20)8-12-15(21)18-10-4-1-2-5-11(10)23-12/h1-2,4-5,12H,3,7-9H2,(H,17,19)(H,18,21)/t12-/m1/s1. The van der Waals surface area contributed by atoms with Crippen molar-refractivity contribution in [3.8, 4) is 6.07 Å². The Hall–Kier alpha value is -2.53. The van der Waals surface area contributed by atoms with Gasteiger partial charge in [-0.2, -0.15) is 5.26 Å². The molecule has 0 aliphatic carbocycles. The van der Waals surface area contributed by atoms with Crippen LogP contribution in [0.4, 0.5) is 5.69 Å². The van der Waals surface area contributed by atoms with Crippen LogP contribution in [-0.4, -0.2) is 36.2 Å². The van der Waals surface area contributed by atoms with Crippen molar-refractivity contribution in [3.05, 3.63) is 24.3 Å². The summed E-state index contributed by atoms with van der Waals surface area (Å²) < 4.78 is 4.85. The quantitative estimate of drug-likeness (QED) is 0.595. The van der Waals surface area contributed by atoms with Crippen molar-refractivity contribution in [2.24, 2.45) is 0 Å². The molecule has 1 heterocycles. The fourth-order valence-electron chi connectivity index (χ4n) is 1.89. The summed E-state index contributed by atoms with van der Waals surface area (Å²) in [6.45, 7) is -0.204. The van der Waals surface area contributed by atoms with E-state index in [1.807, 2.05) is 24.3 Å². The van der Waals surface area contributed by atoms with Crippen LogP contribution in [0, 0.1) is 11.3 Å². The van der Waals surface area contributed by atoms with E-state index in [1.54, 1.807) is 6.07 Å². The number of hydrogen-bond acceptors (Lipinski definition) is 6. The molecular formula is C15H15N3O4S. The smallest absolute Gasteiger partial charge is 0.307 e. The molecule has 0 spiro atoms. The molecule has 8 heteroatoms. The number of carbonyl (C=O) groups is 3. The molecule has 0 saturated heterocycles. The Labute approximate surface area is 137 Å². The summed E-state index contributed by atoms with van der Waals surface area (Å²) in [7, 11) is 0. The van der Waals surface area contributed by atoms with Crippen molar-refractivity contribution in [3.63, 3.8) is 0 Å². The zero-order valence-electron chi connectivity index (χ0n) is 12.2. The predicted octanol–water partition coefficient (Wildman–Crippen LogP) is 1.06. The minimum absolute atomic E-state index is 0.115. The van der Waals surface area contributed by atoms with E-state index < -0.39 is 23.7 Å². The first kappa shape index (κ1) is 16.8. The van der Waals surface area contributed by atoms with Crippen LogP contribution in [0.5, 0.6) is 0 Å². The Bertz CT molecular complexity index is 656. The predicted molar refractivity (Wildman–Crippen MR) is 83.5 cm³/mol. The van der Waals surface area contributed by atoms with Gasteiger partial charge in [0, 0.05) is 11.4 Å². The lowest BCUT2D eigenvalue weighted by Crippen LogP contribution is -2.33. The number of fused-ring (bicyclic) bond motifs is 1. The highest BCUT2D eigenvalue weighted by molar-refractivity contribution is 8.01. The van der Waals surface area contributed by atoms with Crippen LogP contribution in [-0.2, 0) is 19.1 Å². The van der Waals surface area contributed by atoms with Crippen molar-refractivity contribution >= 4 is 35.2 Å². The second kappa shape index (κ2) is 8.19. The highest BCUT2D eigenvalue weighted by Gasteiger charge is 2.29. The van der Waals surface area contributed by atoms with Crippen molar-refractivity contribution in [1.82, 2.24) is 5.32 Å². The Kier molecular flexibility index (Phi) is 6.00. The number of thioether (sulfide) groups is 1. The highest BCUT2D eigenvalue weighted by Crippen LogP contribution is 2.36. The van der Waals surface area contributed by atoms with Crippen LogP contribution in [0.15, 0.2) is 29.2 Å². The van der Waals surface area contributed by atoms with Gasteiger partial charge in [0.25, 0.3) is 5.91 Å². The monoisotopic (exact) mass is 333 g/mol. The lowest BCUT2D eigenvalue weighted by molar-refractivity contribution is -0.148. The zero-order chi connectivity index (χ0) is 16.7. The molecule has 2 amide bonds. The van der Waals surface area contributed by atoms with Gasteiger partial charge in [0.15, 0.2) is 6.61 Å². The van der Waals surface area contributed by atoms with Crippen molar-refractivity contribution in [2.45, 2.75) is 23.0 Å². The van der Waals surface area contributed by atoms with Gasteiger partial charge in [-0.1, -0.05) is 12.1 Å². The second-order valence-corrected chi connectivity index (χ2v) is 5.96. The molecule has 0 aromatic heterocycles. The topological polar surface area (TPSA) is 108 Å². The number of amides is 2. The largest absolute Gasteiger partial charge is 0.456 e. The molecule has 1 aliphatic heterocycles. The number of benzene rings is 1. The van der Waals surface area contributed by atoms with Crippen LogP contribution in [0.2, 0.25) is 0 Å². The van der Waals surface area contributed by atoms with Gasteiger partial charge in [0.2, 0.25) is 5.91 Å². The number of ether oxygens (including phenoxy) is 1. The molecule has 0 fully saturated rings. The molecule has 0 bridgehead atoms. The van der Waals surface area contributed by atoms with Crippen LogP contribution < -0.4 is 10.6 Å². The van der Waals surface area contributed by atoms with E-state index in [0.717, 1.165) is 10.6 Å². The lowest BCUT2D eigenvalue weighted by atomic mass is 10.2. The molecule has 7 nitrogen and oxygen atoms in total. The number of anilines is 1. The Morgan fingerprint density at radius 2 is 2.17 bits per heavy atom. The number of carbonyl (C=O) groups excluding carboxylic acids is 3. The number of rotatable bonds is 6. The van der Waals surface area contributed by atoms with Gasteiger partial charge in [0.1, 0.15) is 0 Å². The average Bonchev–Trinajstić information content (AvgIpc) is 2.54. The van der Waals surface area contributed by atoms with Crippen molar-refractivity contribution in [1.29, 1.82) is 5.26 Å². The fraction of sp³-hybridized carbons (Fsp3) is 0.333. The van der Waals surface area contributed by atoms with Crippen molar-refractivity contribution in [2.75, 3.05) is 18.5 Å². The van der Waals surface area contributed by atoms with E-state index in [9.17, 15) is 14.4 Å². The summed E-state index contributed by atoms with van der Waals surface area (Å²) >= 11 is 1.30. The first-order chi connectivity index (χ1) is 11.1. The number of nitriles is 1. The molecule has 1 aromatic carbocycles. The molecule has 1 aliphatic rings. The van der Waals surface area contributed by atoms with Gasteiger partial charge in [-0.05, 0) is 12.1 Å². The van der Waals surface area contributed by atoms with Crippen LogP contribution >= 0.6 is 11.8 Å². The Morgan fingerprint density at radius 1 is 1.39 bits per heavy atom. The first-order valence-corrected chi connectivity index (χ1v) is 7.84. The van der Waals surface area contributed by atoms with Crippen LogP contribution in [0.25, 0.3) is 0 Å². The van der Waals surface area contributed by atoms with E-state index in [0.29, 0.717) is 0 Å². The summed E-state index contributed by atoms with van der Waals surface area (Å²) in [5.74, 6) is -1.35. The summed E-state index contributed by atoms with van der Waals surface area (Å²) in [6, 6.07) is 9.21. The van der Waals surface area contributed by atoms with Gasteiger partial charge in [-0.15, -0.1) is 11.8 Å². The maximum atomic E-state index is 12.0. The molecular weight excluding hydrogens is 318 g/mol. The summed E-state index contributed by atoms with van der Waals surface area (Å²) in [5.41, 5.74) is 0.726. The van der Waals surface area contributed by atoms with E-state index >= 15 is 0 Å². The molecule has 0 saturated carbocycles. The van der Waals surface area contributed by atoms with Gasteiger partial charge in [-0.25, -0.2) is 0 Å². The van der Waals surface area contributed by atoms with E-state index in [1.165, 1.54) is 11.8 Å². The molecule has 120 valence electrons. The third-order valence-corrected chi connectivity index (χ3v) is 4.26. The van der Waals surface area contributed by atoms with Gasteiger partial charge in [-0.3, -0.25) is 14.4 Å². The lowest BCUT2D eigenvalue weighted by Gasteiger charge is -2.23. The maximum Gasteiger partial charge on any atom is 0.307 e. The summed E-state index contributed by atoms with van der Waals surface area (Å²) in [4.78, 5) is 36.0. The van der Waals surface area contributed by atoms with E-state index in [4.69, 9.17) is 10.00 Å². The molecule has 1 atom stereocenters. The molecule has 2 N–H and O–H groups in total. The Morgan fingerprint density at radius 3 is 2.96 bits per heavy atom. The number of esters is 1. The minimum atomic E-state index is -0.618. The number of para-hydroxylation sites is 1. The van der Waals surface area contributed by atoms with Gasteiger partial charge in [0.05, 0.1) is 29.8 Å². The van der Waals surface area contributed by atoms with Crippen LogP contribution in [0.1, 0.15) is 12.8 Å². The summed E-state index contributed by atoms with van der Waals surface area (Å²) in [6.07, 6.45) is 0.0777. The van der Waals surface area contributed by atoms with Gasteiger partial charge < -0.3 is 15.4 Å². The zero-order valence-corrected chi connectivity index (χ0v) is 13.0. The fourth-order valence-corrected chi connectivity index (χ4v) is 2.99. The van der Waals surface area contributed by atoms with Gasteiger partial charge >= 0.3 is 5.97 Å². The highest BCUT2D eigenvalue weighted by atomic mass is 32.2. The number of nitrogens with zero attached hydrogens (tertiary/aromatic N) is 1. The number of hydrogen-bond donors (Lipinski definition) is 2. The van der Waals surface area contributed by atoms with E-state index in [2.05, 4.69) is 10.6 Å². The normalized spacial score (nSPS) is 15.8. The Balaban J connectivity index is 1.79. The average molecular weight is 333 g/mol. The third-order valence-electron chi connectivity index (χ3n) is 2.98. The van der Waals surface area contributed by atoms with Crippen LogP contribution in [0.3, 0.4) is 0 Å². The molecule has 23 heavy (non-hydrogen) atoms. The number of nitrogens with one attached hydrogen (secondary N) is 2. The molecule has 1 aromatic rings. The van der Waals surface area contributed by atoms with Crippen molar-refractivity contribution < 1.29 is 19.1 Å².